The summed E-state index contributed by atoms with van der Waals surface area (Å²) in [6.45, 7) is 2.07. The number of nitrogens with one attached hydrogen (secondary N) is 1. The molecule has 1 heterocycles. The molecule has 1 aliphatic rings. The highest BCUT2D eigenvalue weighted by atomic mass is 79.9. The van der Waals surface area contributed by atoms with Gasteiger partial charge < -0.3 is 0 Å². The molecule has 1 aliphatic carbocycles. The number of halogens is 4. The van der Waals surface area contributed by atoms with Crippen LogP contribution in [0, 0.1) is 0 Å². The Balaban J connectivity index is 1.94. The standard InChI is InChI=1S/C17H19Br2F2N3O2S/c1-17(19)8-7-11(9-15(17)18)14-10-13(16(20)21)22-24(14)23-27(25,26)12-5-3-2-4-6-12/h2-6,10-11,15-16,23H,7-9H2,1H3. The Kier molecular flexibility index (Phi) is 5.98. The summed E-state index contributed by atoms with van der Waals surface area (Å²) in [5.74, 6) is -0.0986. The first-order valence-electron chi connectivity index (χ1n) is 8.39. The van der Waals surface area contributed by atoms with Gasteiger partial charge in [-0.3, -0.25) is 0 Å². The number of nitrogens with zero attached hydrogens (tertiary/aromatic N) is 2. The van der Waals surface area contributed by atoms with Crippen molar-refractivity contribution in [1.29, 1.82) is 0 Å². The average molecular weight is 527 g/mol. The van der Waals surface area contributed by atoms with Crippen molar-refractivity contribution < 1.29 is 17.2 Å². The highest BCUT2D eigenvalue weighted by molar-refractivity contribution is 9.12. The van der Waals surface area contributed by atoms with Crippen molar-refractivity contribution in [2.75, 3.05) is 4.83 Å². The molecule has 27 heavy (non-hydrogen) atoms. The maximum Gasteiger partial charge on any atom is 0.282 e. The minimum atomic E-state index is -3.94. The lowest BCUT2D eigenvalue weighted by Gasteiger charge is -2.37. The molecule has 0 aliphatic heterocycles. The van der Waals surface area contributed by atoms with E-state index >= 15 is 0 Å². The minimum Gasteiger partial charge on any atom is -0.203 e. The van der Waals surface area contributed by atoms with E-state index < -0.39 is 22.1 Å². The summed E-state index contributed by atoms with van der Waals surface area (Å²) in [5.41, 5.74) is -0.00341. The van der Waals surface area contributed by atoms with Gasteiger partial charge in [0.05, 0.1) is 10.6 Å². The molecule has 0 bridgehead atoms. The number of alkyl halides is 4. The molecule has 5 nitrogen and oxygen atoms in total. The smallest absolute Gasteiger partial charge is 0.203 e. The third-order valence-electron chi connectivity index (χ3n) is 4.78. The number of benzene rings is 1. The van der Waals surface area contributed by atoms with Gasteiger partial charge in [-0.2, -0.15) is 23.1 Å². The summed E-state index contributed by atoms with van der Waals surface area (Å²) in [4.78, 5) is 3.48. The lowest BCUT2D eigenvalue weighted by atomic mass is 9.81. The van der Waals surface area contributed by atoms with Crippen LogP contribution in [0.25, 0.3) is 0 Å². The quantitative estimate of drug-likeness (QED) is 0.561. The Morgan fingerprint density at radius 3 is 2.59 bits per heavy atom. The fourth-order valence-corrected chi connectivity index (χ4v) is 5.24. The predicted octanol–water partition coefficient (Wildman–Crippen LogP) is 4.94. The van der Waals surface area contributed by atoms with Crippen molar-refractivity contribution >= 4 is 41.9 Å². The Labute approximate surface area is 173 Å². The molecule has 10 heteroatoms. The Bertz CT molecular complexity index is 904. The van der Waals surface area contributed by atoms with E-state index in [2.05, 4.69) is 48.7 Å². The van der Waals surface area contributed by atoms with E-state index in [1.165, 1.54) is 18.2 Å². The van der Waals surface area contributed by atoms with Crippen LogP contribution in [0.3, 0.4) is 0 Å². The summed E-state index contributed by atoms with van der Waals surface area (Å²) >= 11 is 7.33. The van der Waals surface area contributed by atoms with Gasteiger partial charge in [-0.15, -0.1) is 0 Å². The maximum absolute atomic E-state index is 13.2. The van der Waals surface area contributed by atoms with E-state index in [1.54, 1.807) is 18.2 Å². The van der Waals surface area contributed by atoms with Crippen LogP contribution in [0.15, 0.2) is 41.3 Å². The molecular weight excluding hydrogens is 508 g/mol. The maximum atomic E-state index is 13.2. The molecule has 1 fully saturated rings. The van der Waals surface area contributed by atoms with Crippen LogP contribution in [0.4, 0.5) is 8.78 Å². The zero-order valence-corrected chi connectivity index (χ0v) is 18.4. The molecule has 1 aromatic carbocycles. The van der Waals surface area contributed by atoms with Gasteiger partial charge >= 0.3 is 0 Å². The van der Waals surface area contributed by atoms with Crippen molar-refractivity contribution in [3.8, 4) is 0 Å². The summed E-state index contributed by atoms with van der Waals surface area (Å²) < 4.78 is 51.5. The summed E-state index contributed by atoms with van der Waals surface area (Å²) in [6, 6.07) is 9.05. The van der Waals surface area contributed by atoms with Gasteiger partial charge in [0.15, 0.2) is 0 Å². The van der Waals surface area contributed by atoms with E-state index in [4.69, 9.17) is 0 Å². The number of sulfonamides is 1. The van der Waals surface area contributed by atoms with Crippen molar-refractivity contribution in [1.82, 2.24) is 9.89 Å². The largest absolute Gasteiger partial charge is 0.282 e. The molecule has 0 radical (unpaired) electrons. The van der Waals surface area contributed by atoms with Crippen molar-refractivity contribution in [2.24, 2.45) is 0 Å². The monoisotopic (exact) mass is 525 g/mol. The molecule has 3 rings (SSSR count). The normalized spacial score (nSPS) is 26.3. The fraction of sp³-hybridized carbons (Fsp3) is 0.471. The number of aromatic nitrogens is 2. The van der Waals surface area contributed by atoms with Crippen LogP contribution >= 0.6 is 31.9 Å². The number of rotatable bonds is 5. The van der Waals surface area contributed by atoms with E-state index in [1.807, 2.05) is 0 Å². The van der Waals surface area contributed by atoms with Crippen LogP contribution in [-0.4, -0.2) is 27.5 Å². The minimum absolute atomic E-state index is 0.0418. The first kappa shape index (κ1) is 20.7. The van der Waals surface area contributed by atoms with Gasteiger partial charge in [-0.25, -0.2) is 8.78 Å². The number of hydrogen-bond donors (Lipinski definition) is 1. The first-order chi connectivity index (χ1) is 12.6. The average Bonchev–Trinajstić information content (AvgIpc) is 3.01. The predicted molar refractivity (Wildman–Crippen MR) is 107 cm³/mol. The van der Waals surface area contributed by atoms with Crippen LogP contribution in [-0.2, 0) is 10.0 Å². The highest BCUT2D eigenvalue weighted by Gasteiger charge is 2.38. The summed E-state index contributed by atoms with van der Waals surface area (Å²) in [6.07, 6.45) is -0.570. The van der Waals surface area contributed by atoms with Crippen molar-refractivity contribution in [3.05, 3.63) is 47.8 Å². The topological polar surface area (TPSA) is 64.0 Å². The molecule has 0 saturated heterocycles. The van der Waals surface area contributed by atoms with Gasteiger partial charge in [-0.1, -0.05) is 50.1 Å². The first-order valence-corrected chi connectivity index (χ1v) is 11.6. The molecule has 3 unspecified atom stereocenters. The molecule has 148 valence electrons. The van der Waals surface area contributed by atoms with Gasteiger partial charge in [0, 0.05) is 15.1 Å². The lowest BCUT2D eigenvalue weighted by molar-refractivity contribution is 0.145. The zero-order chi connectivity index (χ0) is 19.8. The van der Waals surface area contributed by atoms with Gasteiger partial charge in [0.2, 0.25) is 0 Å². The Hall–Kier alpha value is -1.00. The molecule has 1 N–H and O–H groups in total. The van der Waals surface area contributed by atoms with Crippen LogP contribution in [0.2, 0.25) is 0 Å². The molecule has 2 aromatic rings. The third kappa shape index (κ3) is 4.54. The van der Waals surface area contributed by atoms with Crippen molar-refractivity contribution in [3.63, 3.8) is 0 Å². The summed E-state index contributed by atoms with van der Waals surface area (Å²) in [7, 11) is -3.94. The second-order valence-corrected chi connectivity index (χ2v) is 11.4. The van der Waals surface area contributed by atoms with Gasteiger partial charge in [0.1, 0.15) is 5.69 Å². The van der Waals surface area contributed by atoms with E-state index in [-0.39, 0.29) is 20.0 Å². The Morgan fingerprint density at radius 1 is 1.33 bits per heavy atom. The van der Waals surface area contributed by atoms with E-state index in [0.717, 1.165) is 17.6 Å². The van der Waals surface area contributed by atoms with E-state index in [9.17, 15) is 17.2 Å². The molecule has 0 spiro atoms. The second kappa shape index (κ2) is 7.79. The molecule has 1 saturated carbocycles. The van der Waals surface area contributed by atoms with Crippen molar-refractivity contribution in [2.45, 2.75) is 52.6 Å². The fourth-order valence-electron chi connectivity index (χ4n) is 3.15. The number of hydrogen-bond acceptors (Lipinski definition) is 3. The summed E-state index contributed by atoms with van der Waals surface area (Å²) in [5, 5.41) is 3.81. The molecule has 1 aromatic heterocycles. The molecule has 0 amide bonds. The third-order valence-corrected chi connectivity index (χ3v) is 9.04. The van der Waals surface area contributed by atoms with Crippen LogP contribution in [0.5, 0.6) is 0 Å². The van der Waals surface area contributed by atoms with E-state index in [0.29, 0.717) is 12.1 Å². The highest BCUT2D eigenvalue weighted by Crippen LogP contribution is 2.46. The SMILES string of the molecule is CC1(Br)CCC(c2cc(C(F)F)nn2NS(=O)(=O)c2ccccc2)CC1Br. The Morgan fingerprint density at radius 2 is 2.00 bits per heavy atom. The van der Waals surface area contributed by atoms with Crippen LogP contribution in [0.1, 0.15) is 49.9 Å². The zero-order valence-electron chi connectivity index (χ0n) is 14.4. The van der Waals surface area contributed by atoms with Gasteiger partial charge in [0.25, 0.3) is 16.4 Å². The molecular formula is C17H19Br2F2N3O2S. The van der Waals surface area contributed by atoms with Crippen LogP contribution < -0.4 is 4.83 Å². The molecule has 3 atom stereocenters. The lowest BCUT2D eigenvalue weighted by Crippen LogP contribution is -2.36. The van der Waals surface area contributed by atoms with Gasteiger partial charge in [-0.05, 0) is 44.4 Å². The second-order valence-electron chi connectivity index (χ2n) is 6.83.